The van der Waals surface area contributed by atoms with E-state index in [4.69, 9.17) is 4.74 Å². The van der Waals surface area contributed by atoms with Crippen molar-refractivity contribution in [2.45, 2.75) is 18.9 Å². The first-order valence-corrected chi connectivity index (χ1v) is 6.70. The quantitative estimate of drug-likeness (QED) is 0.848. The molecule has 2 N–H and O–H groups in total. The topological polar surface area (TPSA) is 79.0 Å². The van der Waals surface area contributed by atoms with Crippen molar-refractivity contribution >= 4 is 22.9 Å². The summed E-state index contributed by atoms with van der Waals surface area (Å²) in [4.78, 5) is 18.6. The molecule has 2 fully saturated rings. The lowest BCUT2D eigenvalue weighted by atomic mass is 10.4. The van der Waals surface area contributed by atoms with Crippen molar-refractivity contribution in [1.29, 1.82) is 0 Å². The zero-order valence-corrected chi connectivity index (χ0v) is 10.6. The first kappa shape index (κ1) is 11.0. The van der Waals surface area contributed by atoms with E-state index in [2.05, 4.69) is 30.2 Å². The van der Waals surface area contributed by atoms with Crippen LogP contribution in [0.25, 0.3) is 11.2 Å². The summed E-state index contributed by atoms with van der Waals surface area (Å²) in [5.74, 6) is 1.72. The number of hydrogen-bond acceptors (Lipinski definition) is 6. The van der Waals surface area contributed by atoms with Gasteiger partial charge in [0.25, 0.3) is 0 Å². The van der Waals surface area contributed by atoms with E-state index in [1.54, 1.807) is 6.33 Å². The van der Waals surface area contributed by atoms with E-state index in [-0.39, 0.29) is 0 Å². The highest BCUT2D eigenvalue weighted by molar-refractivity contribution is 5.84. The Bertz CT molecular complexity index is 587. The lowest BCUT2D eigenvalue weighted by molar-refractivity contribution is 0.122. The number of ether oxygens (including phenoxy) is 1. The summed E-state index contributed by atoms with van der Waals surface area (Å²) in [6.07, 6.45) is 4.00. The molecule has 0 atom stereocenters. The van der Waals surface area contributed by atoms with E-state index < -0.39 is 0 Å². The number of aromatic amines is 1. The van der Waals surface area contributed by atoms with Gasteiger partial charge in [-0.3, -0.25) is 0 Å². The van der Waals surface area contributed by atoms with Crippen molar-refractivity contribution in [1.82, 2.24) is 19.9 Å². The van der Waals surface area contributed by atoms with Crippen LogP contribution in [0.4, 0.5) is 11.8 Å². The van der Waals surface area contributed by atoms with Gasteiger partial charge < -0.3 is 19.9 Å². The number of morpholine rings is 1. The van der Waals surface area contributed by atoms with Crippen molar-refractivity contribution in [3.63, 3.8) is 0 Å². The molecular formula is C12H16N6O. The van der Waals surface area contributed by atoms with Gasteiger partial charge in [-0.15, -0.1) is 0 Å². The number of anilines is 2. The average molecular weight is 260 g/mol. The van der Waals surface area contributed by atoms with Crippen LogP contribution in [0.1, 0.15) is 12.8 Å². The Morgan fingerprint density at radius 1 is 1.26 bits per heavy atom. The summed E-state index contributed by atoms with van der Waals surface area (Å²) in [5.41, 5.74) is 1.62. The van der Waals surface area contributed by atoms with Gasteiger partial charge >= 0.3 is 0 Å². The molecule has 0 spiro atoms. The van der Waals surface area contributed by atoms with Gasteiger partial charge in [0.05, 0.1) is 13.2 Å². The fourth-order valence-corrected chi connectivity index (χ4v) is 2.27. The second kappa shape index (κ2) is 4.34. The third kappa shape index (κ3) is 2.10. The summed E-state index contributed by atoms with van der Waals surface area (Å²) in [5, 5.41) is 3.41. The Morgan fingerprint density at radius 2 is 2.11 bits per heavy atom. The van der Waals surface area contributed by atoms with Gasteiger partial charge in [0.15, 0.2) is 11.5 Å². The molecule has 3 heterocycles. The zero-order valence-electron chi connectivity index (χ0n) is 10.6. The SMILES string of the molecule is c1nc(NC2CC2)c2[nH]c(N3CCOCC3)nc2n1. The maximum Gasteiger partial charge on any atom is 0.205 e. The fraction of sp³-hybridized carbons (Fsp3) is 0.583. The standard InChI is InChI=1S/C12H16N6O/c1-2-8(1)15-10-9-11(14-7-13-10)17-12(16-9)18-3-5-19-6-4-18/h7-8H,1-6H2,(H2,13,14,15,16,17). The molecule has 1 saturated heterocycles. The number of fused-ring (bicyclic) bond motifs is 1. The molecule has 7 heteroatoms. The van der Waals surface area contributed by atoms with E-state index in [0.29, 0.717) is 6.04 Å². The highest BCUT2D eigenvalue weighted by Gasteiger charge is 2.23. The van der Waals surface area contributed by atoms with Gasteiger partial charge in [-0.2, -0.15) is 4.98 Å². The molecule has 1 saturated carbocycles. The predicted molar refractivity (Wildman–Crippen MR) is 71.4 cm³/mol. The van der Waals surface area contributed by atoms with E-state index in [0.717, 1.165) is 49.2 Å². The zero-order chi connectivity index (χ0) is 12.7. The Kier molecular flexibility index (Phi) is 2.51. The van der Waals surface area contributed by atoms with Crippen LogP contribution >= 0.6 is 0 Å². The molecule has 100 valence electrons. The lowest BCUT2D eigenvalue weighted by Gasteiger charge is -2.25. The van der Waals surface area contributed by atoms with Crippen LogP contribution < -0.4 is 10.2 Å². The summed E-state index contributed by atoms with van der Waals surface area (Å²) < 4.78 is 5.36. The van der Waals surface area contributed by atoms with Crippen LogP contribution in [0, 0.1) is 0 Å². The van der Waals surface area contributed by atoms with Gasteiger partial charge in [0, 0.05) is 19.1 Å². The molecule has 0 unspecified atom stereocenters. The monoisotopic (exact) mass is 260 g/mol. The molecule has 0 bridgehead atoms. The highest BCUT2D eigenvalue weighted by Crippen LogP contribution is 2.27. The molecule has 0 aromatic carbocycles. The van der Waals surface area contributed by atoms with Crippen molar-refractivity contribution in [3.8, 4) is 0 Å². The van der Waals surface area contributed by atoms with Crippen molar-refractivity contribution < 1.29 is 4.74 Å². The Hall–Kier alpha value is -1.89. The molecule has 7 nitrogen and oxygen atoms in total. The van der Waals surface area contributed by atoms with E-state index in [1.165, 1.54) is 12.8 Å². The molecule has 1 aliphatic carbocycles. The third-order valence-corrected chi connectivity index (χ3v) is 3.50. The minimum absolute atomic E-state index is 0.563. The summed E-state index contributed by atoms with van der Waals surface area (Å²) in [6.45, 7) is 3.21. The lowest BCUT2D eigenvalue weighted by Crippen LogP contribution is -2.36. The summed E-state index contributed by atoms with van der Waals surface area (Å²) >= 11 is 0. The molecule has 0 amide bonds. The maximum absolute atomic E-state index is 5.36. The number of rotatable bonds is 3. The van der Waals surface area contributed by atoms with E-state index in [9.17, 15) is 0 Å². The average Bonchev–Trinajstić information content (AvgIpc) is 3.16. The van der Waals surface area contributed by atoms with Gasteiger partial charge in [-0.1, -0.05) is 0 Å². The largest absolute Gasteiger partial charge is 0.378 e. The number of hydrogen-bond donors (Lipinski definition) is 2. The van der Waals surface area contributed by atoms with Crippen LogP contribution in [0.3, 0.4) is 0 Å². The van der Waals surface area contributed by atoms with Gasteiger partial charge in [-0.25, -0.2) is 9.97 Å². The van der Waals surface area contributed by atoms with Crippen LogP contribution in [0.15, 0.2) is 6.33 Å². The first-order valence-electron chi connectivity index (χ1n) is 6.70. The van der Waals surface area contributed by atoms with Gasteiger partial charge in [0.2, 0.25) is 5.95 Å². The van der Waals surface area contributed by atoms with Crippen molar-refractivity contribution in [3.05, 3.63) is 6.33 Å². The first-order chi connectivity index (χ1) is 9.40. The Morgan fingerprint density at radius 3 is 2.89 bits per heavy atom. The number of aromatic nitrogens is 4. The van der Waals surface area contributed by atoms with Crippen LogP contribution in [0.2, 0.25) is 0 Å². The Labute approximate surface area is 110 Å². The molecule has 2 aromatic heterocycles. The second-order valence-electron chi connectivity index (χ2n) is 5.00. The number of nitrogens with one attached hydrogen (secondary N) is 2. The normalized spacial score (nSPS) is 19.9. The fourth-order valence-electron chi connectivity index (χ4n) is 2.27. The Balaban J connectivity index is 1.68. The van der Waals surface area contributed by atoms with Crippen molar-refractivity contribution in [2.24, 2.45) is 0 Å². The minimum Gasteiger partial charge on any atom is -0.378 e. The molecule has 0 radical (unpaired) electrons. The summed E-state index contributed by atoms with van der Waals surface area (Å²) in [6, 6.07) is 0.563. The maximum atomic E-state index is 5.36. The van der Waals surface area contributed by atoms with E-state index in [1.807, 2.05) is 0 Å². The summed E-state index contributed by atoms with van der Waals surface area (Å²) in [7, 11) is 0. The molecule has 19 heavy (non-hydrogen) atoms. The molecular weight excluding hydrogens is 244 g/mol. The van der Waals surface area contributed by atoms with Gasteiger partial charge in [-0.05, 0) is 12.8 Å². The van der Waals surface area contributed by atoms with E-state index >= 15 is 0 Å². The van der Waals surface area contributed by atoms with Crippen LogP contribution in [0.5, 0.6) is 0 Å². The van der Waals surface area contributed by atoms with Crippen LogP contribution in [-0.2, 0) is 4.74 Å². The molecule has 4 rings (SSSR count). The second-order valence-corrected chi connectivity index (χ2v) is 5.00. The minimum atomic E-state index is 0.563. The molecule has 1 aliphatic heterocycles. The molecule has 2 aromatic rings. The highest BCUT2D eigenvalue weighted by atomic mass is 16.5. The molecule has 2 aliphatic rings. The van der Waals surface area contributed by atoms with Gasteiger partial charge in [0.1, 0.15) is 11.8 Å². The number of nitrogens with zero attached hydrogens (tertiary/aromatic N) is 4. The predicted octanol–water partition coefficient (Wildman–Crippen LogP) is 0.764. The smallest absolute Gasteiger partial charge is 0.205 e. The van der Waals surface area contributed by atoms with Crippen molar-refractivity contribution in [2.75, 3.05) is 36.5 Å². The third-order valence-electron chi connectivity index (χ3n) is 3.50. The van der Waals surface area contributed by atoms with Crippen LogP contribution in [-0.4, -0.2) is 52.3 Å². The number of imidazole rings is 1. The number of H-pyrrole nitrogens is 1.